The van der Waals surface area contributed by atoms with E-state index < -0.39 is 179 Å². The Hall–Kier alpha value is -2.78. The van der Waals surface area contributed by atoms with Gasteiger partial charge in [0.15, 0.2) is 18.8 Å². The number of thioether (sulfide) groups is 2. The first-order chi connectivity index (χ1) is 34.9. The second-order valence-corrected chi connectivity index (χ2v) is 21.3. The van der Waals surface area contributed by atoms with E-state index in [-0.39, 0.29) is 23.7 Å². The summed E-state index contributed by atoms with van der Waals surface area (Å²) in [6.45, 7) is -0.701. The number of aliphatic hydroxyl groups is 11. The molecule has 4 aliphatic rings. The number of nitrogens with two attached hydrogens (primary N) is 1. The Morgan fingerprint density at radius 3 is 2.11 bits per heavy atom. The van der Waals surface area contributed by atoms with Crippen molar-refractivity contribution >= 4 is 54.9 Å². The molecule has 31 nitrogen and oxygen atoms in total. The Morgan fingerprint density at radius 1 is 0.865 bits per heavy atom. The zero-order valence-corrected chi connectivity index (χ0v) is 42.7. The smallest absolute Gasteiger partial charge is 0.465 e. The average Bonchev–Trinajstić information content (AvgIpc) is 3.63. The molecule has 5 rings (SSSR count). The van der Waals surface area contributed by atoms with Crippen LogP contribution in [-0.4, -0.2) is 261 Å². The standard InChI is InChI=1S/C40H66N5O26PS2/c1-15(48)42-22-28(55)34(74-10-6-5-9-73-14-20-26(53)29(56)31(58)37(68-20)69-32-18(12-47)67-36(63-3)23(27(32)54)43-16(2)49)40(38(59)64-4,70-33(22)24(51)17(50)11-46)71-72(61,62)65-13-19-25(52)30(57)35(66-19)45-8-7-21(41)44-39(45)60/h7-8,17-20,22-37,46-47,50-58H,5-6,9-14H2,1-4H3,(H,42,48)(H,43,49)(H,61,62)(H2,41,44,60)/t17-,18-,19-,20-,22-,23-,24-,25-,26+,27-,28-,29+,30-,31-,32+,33-,34-,35-,36-,37+,40-/m1/s1. The molecule has 22 atom stereocenters. The van der Waals surface area contributed by atoms with E-state index in [1.807, 2.05) is 0 Å². The van der Waals surface area contributed by atoms with Gasteiger partial charge in [-0.2, -0.15) is 16.7 Å². The molecule has 34 heteroatoms. The Bertz CT molecular complexity index is 2130. The highest BCUT2D eigenvalue weighted by atomic mass is 32.2. The Labute approximate surface area is 430 Å². The molecule has 0 saturated carbocycles. The minimum atomic E-state index is -5.74. The molecule has 4 aliphatic heterocycles. The van der Waals surface area contributed by atoms with E-state index in [1.165, 1.54) is 31.9 Å². The maximum Gasteiger partial charge on any atom is 0.475 e. The normalized spacial score (nSPS) is 38.1. The molecule has 4 saturated heterocycles. The summed E-state index contributed by atoms with van der Waals surface area (Å²) in [5, 5.41) is 121. The lowest BCUT2D eigenvalue weighted by molar-refractivity contribution is -0.342. The first-order valence-corrected chi connectivity index (χ1v) is 26.6. The lowest BCUT2D eigenvalue weighted by Crippen LogP contribution is -2.73. The summed E-state index contributed by atoms with van der Waals surface area (Å²) in [7, 11) is -3.69. The zero-order valence-electron chi connectivity index (χ0n) is 40.2. The lowest BCUT2D eigenvalue weighted by atomic mass is 9.88. The predicted molar refractivity (Wildman–Crippen MR) is 249 cm³/mol. The minimum Gasteiger partial charge on any atom is -0.465 e. The summed E-state index contributed by atoms with van der Waals surface area (Å²) in [5.74, 6) is -6.15. The van der Waals surface area contributed by atoms with Crippen LogP contribution >= 0.6 is 31.3 Å². The van der Waals surface area contributed by atoms with E-state index >= 15 is 0 Å². The quantitative estimate of drug-likeness (QED) is 0.0260. The number of unbranched alkanes of at least 4 members (excludes halogenated alkanes) is 1. The van der Waals surface area contributed by atoms with Gasteiger partial charge in [0.25, 0.3) is 5.79 Å². The Morgan fingerprint density at radius 2 is 1.50 bits per heavy atom. The molecule has 1 unspecified atom stereocenters. The number of aliphatic hydroxyl groups excluding tert-OH is 11. The molecule has 16 N–H and O–H groups in total. The van der Waals surface area contributed by atoms with Crippen LogP contribution in [0, 0.1) is 0 Å². The second kappa shape index (κ2) is 27.2. The topological polar surface area (TPSA) is 479 Å². The number of nitrogen functional groups attached to an aromatic ring is 1. The number of aromatic nitrogens is 2. The number of hydrogen-bond acceptors (Lipinski definition) is 29. The molecule has 0 bridgehead atoms. The minimum absolute atomic E-state index is 0.0208. The fraction of sp³-hybridized carbons (Fsp3) is 0.825. The third kappa shape index (κ3) is 14.5. The van der Waals surface area contributed by atoms with E-state index in [4.69, 9.17) is 47.9 Å². The van der Waals surface area contributed by atoms with Crippen LogP contribution < -0.4 is 22.1 Å². The van der Waals surface area contributed by atoms with Crippen LogP contribution in [-0.2, 0) is 61.2 Å². The molecule has 4 fully saturated rings. The van der Waals surface area contributed by atoms with Crippen LogP contribution in [0.25, 0.3) is 0 Å². The number of anilines is 1. The van der Waals surface area contributed by atoms with E-state index in [2.05, 4.69) is 15.6 Å². The molecule has 0 aliphatic carbocycles. The monoisotopic (exact) mass is 1130 g/mol. The average molecular weight is 1130 g/mol. The van der Waals surface area contributed by atoms with Crippen molar-refractivity contribution in [2.75, 3.05) is 57.0 Å². The van der Waals surface area contributed by atoms with Crippen molar-refractivity contribution in [1.82, 2.24) is 20.2 Å². The van der Waals surface area contributed by atoms with Gasteiger partial charge in [0.05, 0.1) is 50.4 Å². The largest absolute Gasteiger partial charge is 0.475 e. The van der Waals surface area contributed by atoms with E-state index in [1.54, 1.807) is 0 Å². The van der Waals surface area contributed by atoms with Crippen molar-refractivity contribution in [3.8, 4) is 0 Å². The SMILES string of the molecule is COC(=O)[C@@]1(OP(=O)(O)OC[C@H]2O[C@@H](n3ccc(N)nc3=O)[C@H](O)[C@@H]2O)O[C@@H]([C@H](O)[C@H](O)CO)[C@H](NC(C)=O)[C@@H](O)[C@H]1SCCCCSC[C@H]1O[C@@H](O[C@@H]2[C@H](O)[C@@H](NC(C)=O)[C@H](OC)O[C@@H]2CO)[C@H](O)[C@@H](O)[C@H]1O. The summed E-state index contributed by atoms with van der Waals surface area (Å²) in [6, 6.07) is -1.71. The summed E-state index contributed by atoms with van der Waals surface area (Å²) < 4.78 is 64.1. The third-order valence-electron chi connectivity index (χ3n) is 12.3. The third-order valence-corrected chi connectivity index (χ3v) is 15.9. The first kappa shape index (κ1) is 62.1. The molecule has 2 amide bonds. The highest BCUT2D eigenvalue weighted by Crippen LogP contribution is 2.54. The van der Waals surface area contributed by atoms with Crippen LogP contribution in [0.4, 0.5) is 5.82 Å². The number of phosphoric acid groups is 1. The van der Waals surface area contributed by atoms with E-state index in [9.17, 15) is 84.8 Å². The van der Waals surface area contributed by atoms with Gasteiger partial charge in [0, 0.05) is 32.9 Å². The molecule has 424 valence electrons. The number of esters is 1. The van der Waals surface area contributed by atoms with Gasteiger partial charge in [-0.15, -0.1) is 11.8 Å². The second-order valence-electron chi connectivity index (χ2n) is 17.5. The number of hydrogen-bond donors (Lipinski definition) is 15. The molecule has 0 aromatic carbocycles. The molecule has 5 heterocycles. The maximum atomic E-state index is 13.9. The van der Waals surface area contributed by atoms with Gasteiger partial charge in [0.2, 0.25) is 11.8 Å². The number of carbonyl (C=O) groups excluding carboxylic acids is 3. The maximum absolute atomic E-state index is 13.9. The molecule has 1 aromatic rings. The van der Waals surface area contributed by atoms with Crippen molar-refractivity contribution in [2.45, 2.75) is 154 Å². The van der Waals surface area contributed by atoms with Crippen LogP contribution in [0.1, 0.15) is 32.9 Å². The van der Waals surface area contributed by atoms with Crippen molar-refractivity contribution in [3.05, 3.63) is 22.7 Å². The van der Waals surface area contributed by atoms with Crippen LogP contribution in [0.15, 0.2) is 17.1 Å². The van der Waals surface area contributed by atoms with Crippen molar-refractivity contribution < 1.29 is 122 Å². The van der Waals surface area contributed by atoms with Crippen molar-refractivity contribution in [1.29, 1.82) is 0 Å². The van der Waals surface area contributed by atoms with Crippen LogP contribution in [0.3, 0.4) is 0 Å². The van der Waals surface area contributed by atoms with Gasteiger partial charge in [-0.1, -0.05) is 0 Å². The number of rotatable bonds is 24. The number of amides is 2. The van der Waals surface area contributed by atoms with Gasteiger partial charge in [-0.05, 0) is 30.4 Å². The molecular formula is C40H66N5O26PS2. The van der Waals surface area contributed by atoms with E-state index in [0.717, 1.165) is 24.8 Å². The number of methoxy groups -OCH3 is 2. The number of phosphoric ester groups is 1. The predicted octanol–water partition coefficient (Wildman–Crippen LogP) is -7.54. The number of nitrogens with zero attached hydrogens (tertiary/aromatic N) is 2. The van der Waals surface area contributed by atoms with Crippen molar-refractivity contribution in [3.63, 3.8) is 0 Å². The molecule has 0 radical (unpaired) electrons. The first-order valence-electron chi connectivity index (χ1n) is 22.9. The summed E-state index contributed by atoms with van der Waals surface area (Å²) in [5.41, 5.74) is 4.54. The molecular weight excluding hydrogens is 1060 g/mol. The van der Waals surface area contributed by atoms with Gasteiger partial charge in [-0.3, -0.25) is 18.7 Å². The highest BCUT2D eigenvalue weighted by molar-refractivity contribution is 8.00. The summed E-state index contributed by atoms with van der Waals surface area (Å²) in [6.07, 6.45) is -27.4. The lowest BCUT2D eigenvalue weighted by Gasteiger charge is -2.50. The van der Waals surface area contributed by atoms with Crippen LogP contribution in [0.5, 0.6) is 0 Å². The number of ether oxygens (including phenoxy) is 7. The highest BCUT2D eigenvalue weighted by Gasteiger charge is 2.65. The van der Waals surface area contributed by atoms with Gasteiger partial charge < -0.3 is 111 Å². The van der Waals surface area contributed by atoms with E-state index in [0.29, 0.717) is 23.9 Å². The molecule has 1 aromatic heterocycles. The Balaban J connectivity index is 1.28. The molecule has 74 heavy (non-hydrogen) atoms. The fourth-order valence-corrected chi connectivity index (χ4v) is 12.1. The number of carbonyl (C=O) groups is 3. The van der Waals surface area contributed by atoms with Gasteiger partial charge in [-0.25, -0.2) is 18.7 Å². The fourth-order valence-electron chi connectivity index (χ4n) is 8.53. The van der Waals surface area contributed by atoms with Crippen LogP contribution in [0.2, 0.25) is 0 Å². The van der Waals surface area contributed by atoms with Gasteiger partial charge in [0.1, 0.15) is 85.1 Å². The van der Waals surface area contributed by atoms with Gasteiger partial charge >= 0.3 is 19.5 Å². The number of nitrogens with one attached hydrogen (secondary N) is 2. The zero-order chi connectivity index (χ0) is 55.0. The van der Waals surface area contributed by atoms with Crippen molar-refractivity contribution in [2.24, 2.45) is 0 Å². The summed E-state index contributed by atoms with van der Waals surface area (Å²) >= 11 is 1.90. The Kier molecular flexibility index (Phi) is 22.8. The summed E-state index contributed by atoms with van der Waals surface area (Å²) in [4.78, 5) is 65.3. The molecule has 0 spiro atoms.